The van der Waals surface area contributed by atoms with Crippen LogP contribution in [0.15, 0.2) is 35.5 Å². The molecule has 0 saturated carbocycles. The number of hydrogen-bond acceptors (Lipinski definition) is 4. The third-order valence-corrected chi connectivity index (χ3v) is 6.48. The molecule has 8 heteroatoms. The van der Waals surface area contributed by atoms with Crippen molar-refractivity contribution in [2.75, 3.05) is 26.7 Å². The van der Waals surface area contributed by atoms with Crippen LogP contribution in [0.3, 0.4) is 0 Å². The van der Waals surface area contributed by atoms with Gasteiger partial charge in [0.25, 0.3) is 0 Å². The molecule has 6 nitrogen and oxygen atoms in total. The molecule has 0 aliphatic carbocycles. The lowest BCUT2D eigenvalue weighted by molar-refractivity contribution is 0.270. The van der Waals surface area contributed by atoms with Crippen LogP contribution in [0.5, 0.6) is 0 Å². The van der Waals surface area contributed by atoms with Gasteiger partial charge in [-0.2, -0.15) is 9.40 Å². The van der Waals surface area contributed by atoms with E-state index in [1.807, 2.05) is 14.0 Å². The molecule has 0 spiro atoms. The highest BCUT2D eigenvalue weighted by molar-refractivity contribution is 7.89. The summed E-state index contributed by atoms with van der Waals surface area (Å²) in [5.41, 5.74) is 1.14. The predicted molar refractivity (Wildman–Crippen MR) is 93.7 cm³/mol. The molecule has 1 aromatic heterocycles. The van der Waals surface area contributed by atoms with Gasteiger partial charge in [-0.05, 0) is 63.0 Å². The van der Waals surface area contributed by atoms with Crippen LogP contribution in [-0.2, 0) is 10.0 Å². The minimum absolute atomic E-state index is 0.00954. The number of benzene rings is 1. The van der Waals surface area contributed by atoms with Crippen LogP contribution in [0.4, 0.5) is 4.39 Å². The fourth-order valence-corrected chi connectivity index (χ4v) is 4.65. The van der Waals surface area contributed by atoms with Crippen LogP contribution in [0.2, 0.25) is 0 Å². The van der Waals surface area contributed by atoms with E-state index in [2.05, 4.69) is 10.4 Å². The number of aryl methyl sites for hydroxylation is 1. The summed E-state index contributed by atoms with van der Waals surface area (Å²) in [5.74, 6) is -0.118. The monoisotopic (exact) mass is 366 g/mol. The maximum Gasteiger partial charge on any atom is 0.243 e. The Morgan fingerprint density at radius 3 is 2.60 bits per heavy atom. The van der Waals surface area contributed by atoms with Gasteiger partial charge in [-0.1, -0.05) is 0 Å². The SMILES string of the molecule is CNCC1CCN(S(=O)(=O)c2ccc(-n3cc(C)cn3)c(F)c2)CC1. The molecular weight excluding hydrogens is 343 g/mol. The molecule has 1 aliphatic heterocycles. The van der Waals surface area contributed by atoms with Crippen LogP contribution in [0.25, 0.3) is 5.69 Å². The third-order valence-electron chi connectivity index (χ3n) is 4.58. The smallest absolute Gasteiger partial charge is 0.243 e. The van der Waals surface area contributed by atoms with Gasteiger partial charge in [0.2, 0.25) is 10.0 Å². The van der Waals surface area contributed by atoms with Gasteiger partial charge in [-0.3, -0.25) is 0 Å². The van der Waals surface area contributed by atoms with E-state index in [0.717, 1.165) is 31.0 Å². The van der Waals surface area contributed by atoms with Gasteiger partial charge in [0.15, 0.2) is 0 Å². The minimum Gasteiger partial charge on any atom is -0.319 e. The predicted octanol–water partition coefficient (Wildman–Crippen LogP) is 1.94. The van der Waals surface area contributed by atoms with Crippen LogP contribution in [-0.4, -0.2) is 49.2 Å². The zero-order chi connectivity index (χ0) is 18.0. The Labute approximate surface area is 147 Å². The Balaban J connectivity index is 1.80. The molecule has 1 aliphatic rings. The molecule has 0 radical (unpaired) electrons. The molecule has 1 N–H and O–H groups in total. The first-order valence-electron chi connectivity index (χ1n) is 8.38. The normalized spacial score (nSPS) is 17.1. The third kappa shape index (κ3) is 3.75. The zero-order valence-corrected chi connectivity index (χ0v) is 15.3. The number of nitrogens with zero attached hydrogens (tertiary/aromatic N) is 3. The quantitative estimate of drug-likeness (QED) is 0.878. The molecule has 2 aromatic rings. The second kappa shape index (κ2) is 7.23. The second-order valence-electron chi connectivity index (χ2n) is 6.48. The van der Waals surface area contributed by atoms with E-state index in [1.165, 1.54) is 21.1 Å². The highest BCUT2D eigenvalue weighted by Crippen LogP contribution is 2.25. The Morgan fingerprint density at radius 1 is 1.32 bits per heavy atom. The largest absolute Gasteiger partial charge is 0.319 e. The van der Waals surface area contributed by atoms with Crippen molar-refractivity contribution in [2.45, 2.75) is 24.7 Å². The van der Waals surface area contributed by atoms with E-state index in [4.69, 9.17) is 0 Å². The van der Waals surface area contributed by atoms with Gasteiger partial charge in [0.1, 0.15) is 11.5 Å². The number of aromatic nitrogens is 2. The number of rotatable bonds is 5. The Morgan fingerprint density at radius 2 is 2.04 bits per heavy atom. The van der Waals surface area contributed by atoms with Crippen LogP contribution in [0, 0.1) is 18.7 Å². The van der Waals surface area contributed by atoms with Crippen molar-refractivity contribution in [1.29, 1.82) is 0 Å². The van der Waals surface area contributed by atoms with Crippen LogP contribution >= 0.6 is 0 Å². The average Bonchev–Trinajstić information content (AvgIpc) is 3.02. The summed E-state index contributed by atoms with van der Waals surface area (Å²) in [6.07, 6.45) is 4.94. The Kier molecular flexibility index (Phi) is 5.21. The average molecular weight is 366 g/mol. The molecule has 0 amide bonds. The van der Waals surface area contributed by atoms with Crippen molar-refractivity contribution in [3.05, 3.63) is 42.0 Å². The second-order valence-corrected chi connectivity index (χ2v) is 8.42. The summed E-state index contributed by atoms with van der Waals surface area (Å²) in [7, 11) is -1.78. The van der Waals surface area contributed by atoms with Gasteiger partial charge in [-0.15, -0.1) is 0 Å². The van der Waals surface area contributed by atoms with Crippen LogP contribution in [0.1, 0.15) is 18.4 Å². The first-order chi connectivity index (χ1) is 11.9. The molecule has 136 valence electrons. The molecule has 0 bridgehead atoms. The summed E-state index contributed by atoms with van der Waals surface area (Å²) in [5, 5.41) is 7.19. The molecular formula is C17H23FN4O2S. The molecule has 3 rings (SSSR count). The highest BCUT2D eigenvalue weighted by Gasteiger charge is 2.29. The first kappa shape index (κ1) is 18.0. The van der Waals surface area contributed by atoms with Gasteiger partial charge in [-0.25, -0.2) is 17.5 Å². The van der Waals surface area contributed by atoms with Gasteiger partial charge < -0.3 is 5.32 Å². The number of piperidine rings is 1. The zero-order valence-electron chi connectivity index (χ0n) is 14.4. The van der Waals surface area contributed by atoms with Crippen molar-refractivity contribution in [3.8, 4) is 5.69 Å². The Bertz CT molecular complexity index is 842. The maximum atomic E-state index is 14.5. The molecule has 1 saturated heterocycles. The lowest BCUT2D eigenvalue weighted by atomic mass is 9.98. The van der Waals surface area contributed by atoms with Gasteiger partial charge >= 0.3 is 0 Å². The number of halogens is 1. The van der Waals surface area contributed by atoms with E-state index in [-0.39, 0.29) is 10.6 Å². The number of sulfonamides is 1. The molecule has 1 fully saturated rings. The Hall–Kier alpha value is -1.77. The van der Waals surface area contributed by atoms with E-state index in [0.29, 0.717) is 19.0 Å². The van der Waals surface area contributed by atoms with Gasteiger partial charge in [0.05, 0.1) is 11.1 Å². The van der Waals surface area contributed by atoms with E-state index < -0.39 is 15.8 Å². The lowest BCUT2D eigenvalue weighted by Crippen LogP contribution is -2.40. The molecule has 25 heavy (non-hydrogen) atoms. The van der Waals surface area contributed by atoms with Crippen molar-refractivity contribution in [2.24, 2.45) is 5.92 Å². The lowest BCUT2D eigenvalue weighted by Gasteiger charge is -2.31. The summed E-state index contributed by atoms with van der Waals surface area (Å²) in [6.45, 7) is 3.69. The number of nitrogens with one attached hydrogen (secondary N) is 1. The highest BCUT2D eigenvalue weighted by atomic mass is 32.2. The summed E-state index contributed by atoms with van der Waals surface area (Å²) < 4.78 is 42.9. The van der Waals surface area contributed by atoms with Crippen molar-refractivity contribution in [1.82, 2.24) is 19.4 Å². The summed E-state index contributed by atoms with van der Waals surface area (Å²) >= 11 is 0. The molecule has 2 heterocycles. The van der Waals surface area contributed by atoms with Gasteiger partial charge in [0, 0.05) is 19.3 Å². The van der Waals surface area contributed by atoms with E-state index in [1.54, 1.807) is 12.4 Å². The summed E-state index contributed by atoms with van der Waals surface area (Å²) in [6, 6.07) is 3.99. The van der Waals surface area contributed by atoms with Crippen molar-refractivity contribution >= 4 is 10.0 Å². The number of hydrogen-bond donors (Lipinski definition) is 1. The van der Waals surface area contributed by atoms with Crippen LogP contribution < -0.4 is 5.32 Å². The topological polar surface area (TPSA) is 67.2 Å². The fourth-order valence-electron chi connectivity index (χ4n) is 3.17. The van der Waals surface area contributed by atoms with Crippen molar-refractivity contribution in [3.63, 3.8) is 0 Å². The standard InChI is InChI=1S/C17H23FN4O2S/c1-13-10-20-22(12-13)17-4-3-15(9-16(17)18)25(23,24)21-7-5-14(6-8-21)11-19-2/h3-4,9-10,12,14,19H,5-8,11H2,1-2H3. The van der Waals surface area contributed by atoms with Crippen molar-refractivity contribution < 1.29 is 12.8 Å². The first-order valence-corrected chi connectivity index (χ1v) is 9.82. The van der Waals surface area contributed by atoms with E-state index >= 15 is 0 Å². The minimum atomic E-state index is -3.67. The maximum absolute atomic E-state index is 14.5. The molecule has 1 aromatic carbocycles. The molecule has 0 atom stereocenters. The van der Waals surface area contributed by atoms with E-state index in [9.17, 15) is 12.8 Å². The fraction of sp³-hybridized carbons (Fsp3) is 0.471. The molecule has 0 unspecified atom stereocenters. The summed E-state index contributed by atoms with van der Waals surface area (Å²) in [4.78, 5) is -0.00954.